The van der Waals surface area contributed by atoms with E-state index in [1.54, 1.807) is 6.07 Å². The Morgan fingerprint density at radius 2 is 1.50 bits per heavy atom. The molecule has 0 radical (unpaired) electrons. The highest BCUT2D eigenvalue weighted by Gasteiger charge is 2.25. The average molecular weight is 460 g/mol. The molecule has 0 aliphatic carbocycles. The Balaban J connectivity index is 1.87. The molecule has 5 heteroatoms. The molecule has 34 heavy (non-hydrogen) atoms. The predicted octanol–water partition coefficient (Wildman–Crippen LogP) is 6.33. The van der Waals surface area contributed by atoms with Gasteiger partial charge in [0, 0.05) is 0 Å². The number of amides is 1. The molecule has 0 aliphatic rings. The maximum absolute atomic E-state index is 13.3. The highest BCUT2D eigenvalue weighted by atomic mass is 16.7. The van der Waals surface area contributed by atoms with Crippen molar-refractivity contribution in [1.82, 2.24) is 5.06 Å². The van der Waals surface area contributed by atoms with E-state index in [0.29, 0.717) is 17.9 Å². The van der Waals surface area contributed by atoms with Crippen LogP contribution in [-0.2, 0) is 22.6 Å². The predicted molar refractivity (Wildman–Crippen MR) is 133 cm³/mol. The summed E-state index contributed by atoms with van der Waals surface area (Å²) in [7, 11) is 0. The summed E-state index contributed by atoms with van der Waals surface area (Å²) in [6, 6.07) is 24.6. The fourth-order valence-electron chi connectivity index (χ4n) is 3.67. The number of carbonyl (C=O) groups is 2. The number of nitrogens with zero attached hydrogens (tertiary/aromatic N) is 1. The van der Waals surface area contributed by atoms with E-state index in [2.05, 4.69) is 13.8 Å². The molecular weight excluding hydrogens is 426 g/mol. The fraction of sp³-hybridized carbons (Fsp3) is 0.310. The van der Waals surface area contributed by atoms with E-state index in [0.717, 1.165) is 29.5 Å². The van der Waals surface area contributed by atoms with Gasteiger partial charge in [-0.1, -0.05) is 93.6 Å². The molecule has 178 valence electrons. The summed E-state index contributed by atoms with van der Waals surface area (Å²) in [5.41, 5.74) is 3.05. The normalized spacial score (nSPS) is 11.5. The zero-order chi connectivity index (χ0) is 24.3. The van der Waals surface area contributed by atoms with Gasteiger partial charge in [0.25, 0.3) is 5.91 Å². The minimum absolute atomic E-state index is 0.127. The van der Waals surface area contributed by atoms with Crippen molar-refractivity contribution < 1.29 is 19.2 Å². The zero-order valence-electron chi connectivity index (χ0n) is 20.2. The number of hydroxylamine groups is 2. The van der Waals surface area contributed by atoms with E-state index < -0.39 is 5.97 Å². The monoisotopic (exact) mass is 459 g/mol. The van der Waals surface area contributed by atoms with Crippen molar-refractivity contribution in [1.29, 1.82) is 0 Å². The molecule has 0 aliphatic heterocycles. The van der Waals surface area contributed by atoms with E-state index >= 15 is 0 Å². The minimum atomic E-state index is -0.457. The minimum Gasteiger partial charge on any atom is -0.457 e. The Kier molecular flexibility index (Phi) is 9.27. The van der Waals surface area contributed by atoms with Crippen LogP contribution in [-0.4, -0.2) is 23.5 Å². The van der Waals surface area contributed by atoms with Crippen LogP contribution >= 0.6 is 0 Å². The molecule has 0 spiro atoms. The van der Waals surface area contributed by atoms with Gasteiger partial charge in [-0.05, 0) is 41.5 Å². The van der Waals surface area contributed by atoms with E-state index in [4.69, 9.17) is 9.57 Å². The number of carbonyl (C=O) groups excluding carboxylic acids is 2. The van der Waals surface area contributed by atoms with Crippen molar-refractivity contribution in [2.45, 2.75) is 52.6 Å². The number of hydrogen-bond donors (Lipinski definition) is 0. The van der Waals surface area contributed by atoms with Crippen LogP contribution in [0, 0.1) is 0 Å². The summed E-state index contributed by atoms with van der Waals surface area (Å²) in [5, 5.41) is 1.36. The van der Waals surface area contributed by atoms with Gasteiger partial charge in [0.15, 0.2) is 5.75 Å². The lowest BCUT2D eigenvalue weighted by molar-refractivity contribution is -0.156. The summed E-state index contributed by atoms with van der Waals surface area (Å²) >= 11 is 0. The quantitative estimate of drug-likeness (QED) is 0.248. The first kappa shape index (κ1) is 25.0. The largest absolute Gasteiger partial charge is 0.457 e. The molecule has 0 heterocycles. The van der Waals surface area contributed by atoms with E-state index in [1.165, 1.54) is 5.06 Å². The molecule has 0 fully saturated rings. The Morgan fingerprint density at radius 3 is 2.12 bits per heavy atom. The van der Waals surface area contributed by atoms with Gasteiger partial charge in [-0.15, -0.1) is 0 Å². The fourth-order valence-corrected chi connectivity index (χ4v) is 3.67. The molecule has 3 aromatic carbocycles. The number of benzene rings is 3. The molecule has 0 N–H and O–H groups in total. The molecule has 1 amide bonds. The Labute approximate surface area is 202 Å². The van der Waals surface area contributed by atoms with Gasteiger partial charge in [-0.3, -0.25) is 4.79 Å². The molecule has 5 nitrogen and oxygen atoms in total. The lowest BCUT2D eigenvalue weighted by Crippen LogP contribution is -2.36. The molecular formula is C29H33NO4. The van der Waals surface area contributed by atoms with E-state index in [-0.39, 0.29) is 24.9 Å². The lowest BCUT2D eigenvalue weighted by Gasteiger charge is -2.25. The second-order valence-corrected chi connectivity index (χ2v) is 8.34. The standard InChI is InChI=1S/C29H33NO4/c1-4-19-30(27(31)20-23-13-8-6-9-14-23)34-26-18-12-17-25(22(3)5-2)28(26)29(32)33-21-24-15-10-7-11-16-24/h6-18,22H,4-5,19-21H2,1-3H3. The van der Waals surface area contributed by atoms with Gasteiger partial charge in [-0.2, -0.15) is 5.06 Å². The molecule has 1 unspecified atom stereocenters. The number of ether oxygens (including phenoxy) is 1. The van der Waals surface area contributed by atoms with Crippen LogP contribution in [0.1, 0.15) is 66.6 Å². The molecule has 1 atom stereocenters. The molecule has 3 rings (SSSR count). The molecule has 3 aromatic rings. The maximum Gasteiger partial charge on any atom is 0.342 e. The Bertz CT molecular complexity index is 1070. The van der Waals surface area contributed by atoms with Gasteiger partial charge in [0.2, 0.25) is 0 Å². The highest BCUT2D eigenvalue weighted by molar-refractivity contribution is 5.94. The van der Waals surface area contributed by atoms with Crippen LogP contribution in [0.4, 0.5) is 0 Å². The van der Waals surface area contributed by atoms with Gasteiger partial charge >= 0.3 is 5.97 Å². The molecule has 0 saturated heterocycles. The highest BCUT2D eigenvalue weighted by Crippen LogP contribution is 2.31. The van der Waals surface area contributed by atoms with Crippen molar-refractivity contribution in [3.05, 3.63) is 101 Å². The summed E-state index contributed by atoms with van der Waals surface area (Å²) < 4.78 is 5.67. The van der Waals surface area contributed by atoms with Crippen molar-refractivity contribution in [2.24, 2.45) is 0 Å². The average Bonchev–Trinajstić information content (AvgIpc) is 2.87. The van der Waals surface area contributed by atoms with Crippen molar-refractivity contribution in [3.63, 3.8) is 0 Å². The number of esters is 1. The summed E-state index contributed by atoms with van der Waals surface area (Å²) in [4.78, 5) is 32.4. The van der Waals surface area contributed by atoms with E-state index in [9.17, 15) is 9.59 Å². The molecule has 0 saturated carbocycles. The SMILES string of the molecule is CCCN(Oc1cccc(C(C)CC)c1C(=O)OCc1ccccc1)C(=O)Cc1ccccc1. The van der Waals surface area contributed by atoms with Crippen molar-refractivity contribution in [3.8, 4) is 5.75 Å². The summed E-state index contributed by atoms with van der Waals surface area (Å²) in [5.74, 6) is -0.152. The topological polar surface area (TPSA) is 55.8 Å². The van der Waals surface area contributed by atoms with Gasteiger partial charge < -0.3 is 9.57 Å². The van der Waals surface area contributed by atoms with Crippen molar-refractivity contribution in [2.75, 3.05) is 6.54 Å². The third kappa shape index (κ3) is 6.70. The van der Waals surface area contributed by atoms with Gasteiger partial charge in [0.1, 0.15) is 12.2 Å². The summed E-state index contributed by atoms with van der Waals surface area (Å²) in [6.07, 6.45) is 1.80. The lowest BCUT2D eigenvalue weighted by atomic mass is 9.93. The second kappa shape index (κ2) is 12.6. The molecule has 0 bridgehead atoms. The van der Waals surface area contributed by atoms with Crippen LogP contribution in [0.15, 0.2) is 78.9 Å². The van der Waals surface area contributed by atoms with Crippen LogP contribution < -0.4 is 4.84 Å². The number of rotatable bonds is 11. The van der Waals surface area contributed by atoms with Crippen molar-refractivity contribution >= 4 is 11.9 Å². The van der Waals surface area contributed by atoms with Crippen LogP contribution in [0.5, 0.6) is 5.75 Å². The number of hydrogen-bond acceptors (Lipinski definition) is 4. The third-order valence-corrected chi connectivity index (χ3v) is 5.73. The second-order valence-electron chi connectivity index (χ2n) is 8.34. The first-order valence-electron chi connectivity index (χ1n) is 11.9. The third-order valence-electron chi connectivity index (χ3n) is 5.73. The first-order chi connectivity index (χ1) is 16.5. The van der Waals surface area contributed by atoms with E-state index in [1.807, 2.05) is 79.7 Å². The van der Waals surface area contributed by atoms with Gasteiger partial charge in [-0.25, -0.2) is 4.79 Å². The van der Waals surface area contributed by atoms with Crippen LogP contribution in [0.25, 0.3) is 0 Å². The summed E-state index contributed by atoms with van der Waals surface area (Å²) in [6.45, 7) is 6.70. The Morgan fingerprint density at radius 1 is 0.853 bits per heavy atom. The van der Waals surface area contributed by atoms with Crippen LogP contribution in [0.3, 0.4) is 0 Å². The molecule has 0 aromatic heterocycles. The Hall–Kier alpha value is -3.60. The smallest absolute Gasteiger partial charge is 0.342 e. The zero-order valence-corrected chi connectivity index (χ0v) is 20.2. The van der Waals surface area contributed by atoms with Gasteiger partial charge in [0.05, 0.1) is 13.0 Å². The first-order valence-corrected chi connectivity index (χ1v) is 11.9. The maximum atomic E-state index is 13.3. The van der Waals surface area contributed by atoms with Crippen LogP contribution in [0.2, 0.25) is 0 Å².